The molecule has 0 bridgehead atoms. The minimum absolute atomic E-state index is 0.367. The maximum absolute atomic E-state index is 5.08. The smallest absolute Gasteiger partial charge is 0.137 e. The molecule has 0 N–H and O–H groups in total. The quantitative estimate of drug-likeness (QED) is 0.335. The first-order valence-electron chi connectivity index (χ1n) is 1.01. The molecule has 1 rings (SSSR count). The normalized spacial score (nSPS) is 18.8. The number of hydrazone groups is 1. The van der Waals surface area contributed by atoms with Gasteiger partial charge in [0.15, 0.2) is 0 Å². The minimum atomic E-state index is 0.367. The third-order valence-corrected chi connectivity index (χ3v) is 0.841. The molecule has 0 fully saturated rings. The standard InChI is InChI=1S/CCl2N2/c2-1-4-5(1)3. The number of halogens is 2. The highest BCUT2D eigenvalue weighted by Crippen LogP contribution is 2.14. The van der Waals surface area contributed by atoms with Crippen LogP contribution in [0.5, 0.6) is 0 Å². The van der Waals surface area contributed by atoms with Crippen molar-refractivity contribution in [2.24, 2.45) is 5.10 Å². The maximum Gasteiger partial charge on any atom is 0.255 e. The SMILES string of the molecule is ClC1=NN1Cl. The van der Waals surface area contributed by atoms with E-state index in [-0.39, 0.29) is 0 Å². The van der Waals surface area contributed by atoms with Crippen molar-refractivity contribution in [3.8, 4) is 0 Å². The van der Waals surface area contributed by atoms with Gasteiger partial charge in [-0.1, -0.05) is 0 Å². The van der Waals surface area contributed by atoms with E-state index in [2.05, 4.69) is 5.10 Å². The van der Waals surface area contributed by atoms with Gasteiger partial charge in [0.2, 0.25) is 0 Å². The molecule has 2 nitrogen and oxygen atoms in total. The van der Waals surface area contributed by atoms with Gasteiger partial charge in [-0.25, -0.2) is 0 Å². The van der Waals surface area contributed by atoms with E-state index in [1.807, 2.05) is 0 Å². The predicted molar refractivity (Wildman–Crippen MR) is 21.0 cm³/mol. The number of nitrogens with zero attached hydrogens (tertiary/aromatic N) is 2. The maximum atomic E-state index is 5.08. The molecule has 0 aliphatic carbocycles. The summed E-state index contributed by atoms with van der Waals surface area (Å²) in [4.78, 5) is 0. The summed E-state index contributed by atoms with van der Waals surface area (Å²) in [6, 6.07) is 0. The van der Waals surface area contributed by atoms with Gasteiger partial charge in [-0.3, -0.25) is 0 Å². The Balaban J connectivity index is 2.38. The third kappa shape index (κ3) is 0.465. The van der Waals surface area contributed by atoms with Crippen LogP contribution < -0.4 is 0 Å². The molecule has 0 radical (unpaired) electrons. The highest BCUT2D eigenvalue weighted by Gasteiger charge is 2.16. The van der Waals surface area contributed by atoms with E-state index in [1.165, 1.54) is 0 Å². The van der Waals surface area contributed by atoms with E-state index in [9.17, 15) is 0 Å². The Bertz CT molecular complexity index is 77.7. The second-order valence-corrected chi connectivity index (χ2v) is 1.29. The molecule has 0 aromatic carbocycles. The average molecular weight is 111 g/mol. The van der Waals surface area contributed by atoms with Gasteiger partial charge in [-0.05, 0) is 11.6 Å². The van der Waals surface area contributed by atoms with E-state index in [1.54, 1.807) is 0 Å². The van der Waals surface area contributed by atoms with E-state index < -0.39 is 0 Å². The highest BCUT2D eigenvalue weighted by molar-refractivity contribution is 6.70. The second-order valence-electron chi connectivity index (χ2n) is 0.629. The van der Waals surface area contributed by atoms with Crippen LogP contribution in [-0.4, -0.2) is 9.82 Å². The summed E-state index contributed by atoms with van der Waals surface area (Å²) in [5.74, 6) is 0. The molecule has 0 spiro atoms. The fourth-order valence-corrected chi connectivity index (χ4v) is 0.236. The Hall–Kier alpha value is 0.0500. The van der Waals surface area contributed by atoms with Crippen LogP contribution in [-0.2, 0) is 0 Å². The molecule has 1 heterocycles. The van der Waals surface area contributed by atoms with Gasteiger partial charge < -0.3 is 0 Å². The largest absolute Gasteiger partial charge is 0.255 e. The summed E-state index contributed by atoms with van der Waals surface area (Å²) < 4.78 is 1.07. The molecular formula is CCl2N2. The van der Waals surface area contributed by atoms with Crippen molar-refractivity contribution in [3.05, 3.63) is 0 Å². The topological polar surface area (TPSA) is 15.4 Å². The lowest BCUT2D eigenvalue weighted by atomic mass is 11.5. The lowest BCUT2D eigenvalue weighted by Crippen LogP contribution is -1.75. The van der Waals surface area contributed by atoms with Gasteiger partial charge in [0, 0.05) is 11.8 Å². The lowest BCUT2D eigenvalue weighted by molar-refractivity contribution is 0.902. The highest BCUT2D eigenvalue weighted by atomic mass is 35.5. The number of amidine groups is 1. The molecular weight excluding hydrogens is 111 g/mol. The fraction of sp³-hybridized carbons (Fsp3) is 0. The van der Waals surface area contributed by atoms with Crippen molar-refractivity contribution in [2.75, 3.05) is 0 Å². The summed E-state index contributed by atoms with van der Waals surface area (Å²) in [7, 11) is 0. The first kappa shape index (κ1) is 3.25. The zero-order chi connectivity index (χ0) is 3.86. The van der Waals surface area contributed by atoms with Crippen molar-refractivity contribution >= 4 is 28.7 Å². The van der Waals surface area contributed by atoms with Crippen molar-refractivity contribution < 1.29 is 0 Å². The van der Waals surface area contributed by atoms with Crippen LogP contribution >= 0.6 is 23.4 Å². The minimum Gasteiger partial charge on any atom is -0.137 e. The summed E-state index contributed by atoms with van der Waals surface area (Å²) in [6.45, 7) is 0. The Labute approximate surface area is 39.1 Å². The van der Waals surface area contributed by atoms with Crippen LogP contribution in [0.4, 0.5) is 0 Å². The molecule has 28 valence electrons. The van der Waals surface area contributed by atoms with E-state index in [0.717, 1.165) is 4.53 Å². The molecule has 0 saturated heterocycles. The van der Waals surface area contributed by atoms with E-state index in [0.29, 0.717) is 5.29 Å². The Morgan fingerprint density at radius 3 is 2.00 bits per heavy atom. The van der Waals surface area contributed by atoms with Gasteiger partial charge >= 0.3 is 0 Å². The van der Waals surface area contributed by atoms with Gasteiger partial charge in [0.05, 0.1) is 0 Å². The molecule has 0 aromatic heterocycles. The zero-order valence-corrected chi connectivity index (χ0v) is 3.66. The third-order valence-electron chi connectivity index (χ3n) is 0.283. The molecule has 0 atom stereocenters. The molecule has 4 heteroatoms. The Morgan fingerprint density at radius 2 is 2.00 bits per heavy atom. The van der Waals surface area contributed by atoms with Gasteiger partial charge in [-0.2, -0.15) is 0 Å². The fourth-order valence-electron chi connectivity index (χ4n) is 0.0501. The van der Waals surface area contributed by atoms with Crippen LogP contribution in [0.1, 0.15) is 0 Å². The van der Waals surface area contributed by atoms with Crippen LogP contribution in [0.2, 0.25) is 0 Å². The summed E-state index contributed by atoms with van der Waals surface area (Å²) in [5.41, 5.74) is 0. The zero-order valence-electron chi connectivity index (χ0n) is 2.15. The van der Waals surface area contributed by atoms with Crippen LogP contribution in [0, 0.1) is 0 Å². The number of hydrogen-bond donors (Lipinski definition) is 0. The van der Waals surface area contributed by atoms with Gasteiger partial charge in [0.25, 0.3) is 5.29 Å². The van der Waals surface area contributed by atoms with Crippen molar-refractivity contribution in [1.29, 1.82) is 0 Å². The summed E-state index contributed by atoms with van der Waals surface area (Å²) >= 11 is 10.1. The molecule has 0 amide bonds. The molecule has 5 heavy (non-hydrogen) atoms. The first-order valence-corrected chi connectivity index (χ1v) is 1.72. The van der Waals surface area contributed by atoms with E-state index >= 15 is 0 Å². The van der Waals surface area contributed by atoms with Crippen LogP contribution in [0.15, 0.2) is 5.10 Å². The molecule has 0 saturated carbocycles. The average Bonchev–Trinajstić information content (AvgIpc) is 1.79. The number of hydrogen-bond acceptors (Lipinski definition) is 2. The van der Waals surface area contributed by atoms with Crippen LogP contribution in [0.25, 0.3) is 0 Å². The lowest BCUT2D eigenvalue weighted by Gasteiger charge is -1.67. The van der Waals surface area contributed by atoms with Crippen LogP contribution in [0.3, 0.4) is 0 Å². The van der Waals surface area contributed by atoms with Crippen molar-refractivity contribution in [1.82, 2.24) is 4.53 Å². The van der Waals surface area contributed by atoms with Crippen molar-refractivity contribution in [3.63, 3.8) is 0 Å². The second kappa shape index (κ2) is 0.758. The Morgan fingerprint density at radius 1 is 1.80 bits per heavy atom. The Kier molecular flexibility index (Phi) is 0.492. The summed E-state index contributed by atoms with van der Waals surface area (Å²) in [6.07, 6.45) is 0. The molecule has 1 aliphatic rings. The molecule has 0 aromatic rings. The first-order chi connectivity index (χ1) is 2.30. The monoisotopic (exact) mass is 110 g/mol. The van der Waals surface area contributed by atoms with Gasteiger partial charge in [-0.15, -0.1) is 9.63 Å². The predicted octanol–water partition coefficient (Wildman–Crippen LogP) is 0.966. The van der Waals surface area contributed by atoms with Gasteiger partial charge in [0.1, 0.15) is 0 Å². The number of rotatable bonds is 0. The van der Waals surface area contributed by atoms with Crippen molar-refractivity contribution in [2.45, 2.75) is 0 Å². The molecule has 0 unspecified atom stereocenters. The summed E-state index contributed by atoms with van der Waals surface area (Å²) in [5, 5.41) is 3.70. The molecule has 1 aliphatic heterocycles. The van der Waals surface area contributed by atoms with E-state index in [4.69, 9.17) is 23.4 Å².